The molecule has 0 radical (unpaired) electrons. The number of esters is 1. The SMILES string of the molecule is CCOC(=O)c1cc(C#N)c([N+](=O)[O-])c(OC(F)F)c1. The Bertz CT molecular complexity index is 583. The van der Waals surface area contributed by atoms with Crippen LogP contribution in [-0.4, -0.2) is 24.1 Å². The van der Waals surface area contributed by atoms with E-state index in [1.54, 1.807) is 0 Å². The van der Waals surface area contributed by atoms with Crippen molar-refractivity contribution < 1.29 is 28.0 Å². The maximum absolute atomic E-state index is 12.2. The number of carbonyl (C=O) groups excluding carboxylic acids is 1. The summed E-state index contributed by atoms with van der Waals surface area (Å²) in [6, 6.07) is 3.08. The quantitative estimate of drug-likeness (QED) is 0.467. The number of nitro benzene ring substituents is 1. The highest BCUT2D eigenvalue weighted by Crippen LogP contribution is 2.33. The van der Waals surface area contributed by atoms with Gasteiger partial charge in [-0.15, -0.1) is 0 Å². The minimum absolute atomic E-state index is 0.0166. The third kappa shape index (κ3) is 3.38. The van der Waals surface area contributed by atoms with E-state index in [1.807, 2.05) is 0 Å². The first-order valence-corrected chi connectivity index (χ1v) is 5.25. The van der Waals surface area contributed by atoms with Crippen LogP contribution >= 0.6 is 0 Å². The van der Waals surface area contributed by atoms with Crippen LogP contribution < -0.4 is 4.74 Å². The van der Waals surface area contributed by atoms with Crippen LogP contribution in [0.4, 0.5) is 14.5 Å². The lowest BCUT2D eigenvalue weighted by Gasteiger charge is -2.08. The molecular weight excluding hydrogens is 278 g/mol. The average molecular weight is 286 g/mol. The maximum atomic E-state index is 12.2. The third-order valence-corrected chi connectivity index (χ3v) is 2.11. The van der Waals surface area contributed by atoms with Gasteiger partial charge in [-0.2, -0.15) is 14.0 Å². The molecule has 0 heterocycles. The third-order valence-electron chi connectivity index (χ3n) is 2.11. The van der Waals surface area contributed by atoms with Crippen molar-refractivity contribution in [1.82, 2.24) is 0 Å². The second kappa shape index (κ2) is 6.42. The minimum atomic E-state index is -3.34. The molecule has 106 valence electrons. The Morgan fingerprint density at radius 1 is 1.55 bits per heavy atom. The van der Waals surface area contributed by atoms with E-state index in [2.05, 4.69) is 9.47 Å². The average Bonchev–Trinajstić information content (AvgIpc) is 2.36. The molecule has 0 atom stereocenters. The molecule has 9 heteroatoms. The zero-order valence-electron chi connectivity index (χ0n) is 10.1. The largest absolute Gasteiger partial charge is 0.462 e. The Labute approximate surface area is 111 Å². The Morgan fingerprint density at radius 2 is 2.20 bits per heavy atom. The van der Waals surface area contributed by atoms with Crippen LogP contribution in [0.2, 0.25) is 0 Å². The molecule has 20 heavy (non-hydrogen) atoms. The highest BCUT2D eigenvalue weighted by Gasteiger charge is 2.26. The van der Waals surface area contributed by atoms with Gasteiger partial charge in [0.15, 0.2) is 0 Å². The van der Waals surface area contributed by atoms with Crippen molar-refractivity contribution in [2.75, 3.05) is 6.61 Å². The molecule has 1 aromatic carbocycles. The van der Waals surface area contributed by atoms with E-state index < -0.39 is 34.5 Å². The molecule has 0 fully saturated rings. The molecule has 0 unspecified atom stereocenters. The number of halogens is 2. The van der Waals surface area contributed by atoms with Crippen LogP contribution in [0.3, 0.4) is 0 Å². The fourth-order valence-corrected chi connectivity index (χ4v) is 1.40. The number of benzene rings is 1. The highest BCUT2D eigenvalue weighted by atomic mass is 19.3. The molecule has 1 aromatic rings. The first-order valence-electron chi connectivity index (χ1n) is 5.25. The van der Waals surface area contributed by atoms with Gasteiger partial charge in [-0.25, -0.2) is 4.79 Å². The number of alkyl halides is 2. The molecule has 0 saturated carbocycles. The zero-order chi connectivity index (χ0) is 15.3. The van der Waals surface area contributed by atoms with Crippen LogP contribution in [0.25, 0.3) is 0 Å². The molecule has 0 N–H and O–H groups in total. The van der Waals surface area contributed by atoms with Gasteiger partial charge in [0, 0.05) is 6.07 Å². The van der Waals surface area contributed by atoms with Crippen molar-refractivity contribution in [1.29, 1.82) is 5.26 Å². The molecule has 0 aliphatic heterocycles. The lowest BCUT2D eigenvalue weighted by atomic mass is 10.1. The first-order chi connectivity index (χ1) is 9.40. The molecular formula is C11H8F2N2O5. The fourth-order valence-electron chi connectivity index (χ4n) is 1.40. The van der Waals surface area contributed by atoms with Gasteiger partial charge in [-0.3, -0.25) is 10.1 Å². The molecule has 0 saturated heterocycles. The molecule has 0 aliphatic rings. The molecule has 7 nitrogen and oxygen atoms in total. The van der Waals surface area contributed by atoms with E-state index in [1.165, 1.54) is 13.0 Å². The predicted molar refractivity (Wildman–Crippen MR) is 60.4 cm³/mol. The summed E-state index contributed by atoms with van der Waals surface area (Å²) in [6.07, 6.45) is 0. The maximum Gasteiger partial charge on any atom is 0.387 e. The number of hydrogen-bond acceptors (Lipinski definition) is 6. The summed E-state index contributed by atoms with van der Waals surface area (Å²) in [6.45, 7) is -1.80. The molecule has 0 aliphatic carbocycles. The summed E-state index contributed by atoms with van der Waals surface area (Å²) in [4.78, 5) is 21.3. The van der Waals surface area contributed by atoms with Crippen LogP contribution in [-0.2, 0) is 4.74 Å². The number of nitriles is 1. The molecule has 1 rings (SSSR count). The van der Waals surface area contributed by atoms with Gasteiger partial charge >= 0.3 is 18.3 Å². The Morgan fingerprint density at radius 3 is 2.65 bits per heavy atom. The second-order valence-electron chi connectivity index (χ2n) is 3.34. The number of hydrogen-bond donors (Lipinski definition) is 0. The zero-order valence-corrected chi connectivity index (χ0v) is 10.1. The molecule has 0 spiro atoms. The lowest BCUT2D eigenvalue weighted by molar-refractivity contribution is -0.386. The summed E-state index contributed by atoms with van der Waals surface area (Å²) >= 11 is 0. The monoisotopic (exact) mass is 286 g/mol. The summed E-state index contributed by atoms with van der Waals surface area (Å²) < 4.78 is 33.1. The van der Waals surface area contributed by atoms with Crippen LogP contribution in [0.5, 0.6) is 5.75 Å². The second-order valence-corrected chi connectivity index (χ2v) is 3.34. The molecule has 0 amide bonds. The summed E-state index contributed by atoms with van der Waals surface area (Å²) in [5.41, 5.74) is -1.79. The van der Waals surface area contributed by atoms with Crippen molar-refractivity contribution in [2.24, 2.45) is 0 Å². The number of carbonyl (C=O) groups is 1. The van der Waals surface area contributed by atoms with Gasteiger partial charge in [0.05, 0.1) is 17.1 Å². The summed E-state index contributed by atoms with van der Waals surface area (Å²) in [7, 11) is 0. The van der Waals surface area contributed by atoms with Gasteiger partial charge in [0.1, 0.15) is 11.6 Å². The van der Waals surface area contributed by atoms with E-state index in [0.29, 0.717) is 0 Å². The van der Waals surface area contributed by atoms with E-state index in [9.17, 15) is 23.7 Å². The first kappa shape index (κ1) is 15.3. The minimum Gasteiger partial charge on any atom is -0.462 e. The Balaban J connectivity index is 3.43. The fraction of sp³-hybridized carbons (Fsp3) is 0.273. The Kier molecular flexibility index (Phi) is 4.91. The van der Waals surface area contributed by atoms with Gasteiger partial charge in [0.25, 0.3) is 0 Å². The summed E-state index contributed by atoms with van der Waals surface area (Å²) in [5, 5.41) is 19.6. The van der Waals surface area contributed by atoms with Gasteiger partial charge in [0.2, 0.25) is 5.75 Å². The number of rotatable bonds is 5. The number of ether oxygens (including phenoxy) is 2. The predicted octanol–water partition coefficient (Wildman–Crippen LogP) is 2.24. The summed E-state index contributed by atoms with van der Waals surface area (Å²) in [5.74, 6) is -1.77. The highest BCUT2D eigenvalue weighted by molar-refractivity contribution is 5.91. The van der Waals surface area contributed by atoms with E-state index in [-0.39, 0.29) is 12.2 Å². The standard InChI is InChI=1S/C11H8F2N2O5/c1-2-19-10(16)6-3-7(5-14)9(15(17)18)8(4-6)20-11(12)13/h3-4,11H,2H2,1H3. The topological polar surface area (TPSA) is 102 Å². The van der Waals surface area contributed by atoms with E-state index in [4.69, 9.17) is 5.26 Å². The van der Waals surface area contributed by atoms with Crippen molar-refractivity contribution in [3.8, 4) is 11.8 Å². The van der Waals surface area contributed by atoms with Crippen LogP contribution in [0.1, 0.15) is 22.8 Å². The molecule has 0 aromatic heterocycles. The van der Waals surface area contributed by atoms with Gasteiger partial charge in [-0.1, -0.05) is 0 Å². The Hall–Kier alpha value is -2.76. The normalized spacial score (nSPS) is 9.95. The number of nitro groups is 1. The van der Waals surface area contributed by atoms with Crippen LogP contribution in [0.15, 0.2) is 12.1 Å². The van der Waals surface area contributed by atoms with Crippen molar-refractivity contribution in [2.45, 2.75) is 13.5 Å². The lowest BCUT2D eigenvalue weighted by Crippen LogP contribution is -2.10. The molecule has 0 bridgehead atoms. The van der Waals surface area contributed by atoms with Gasteiger partial charge < -0.3 is 9.47 Å². The number of nitrogens with zero attached hydrogens (tertiary/aromatic N) is 2. The van der Waals surface area contributed by atoms with Crippen LogP contribution in [0, 0.1) is 21.4 Å². The smallest absolute Gasteiger partial charge is 0.387 e. The van der Waals surface area contributed by atoms with Crippen molar-refractivity contribution in [3.05, 3.63) is 33.4 Å². The van der Waals surface area contributed by atoms with E-state index >= 15 is 0 Å². The van der Waals surface area contributed by atoms with Crippen molar-refractivity contribution >= 4 is 11.7 Å². The van der Waals surface area contributed by atoms with Gasteiger partial charge in [-0.05, 0) is 13.0 Å². The van der Waals surface area contributed by atoms with Crippen molar-refractivity contribution in [3.63, 3.8) is 0 Å². The van der Waals surface area contributed by atoms with E-state index in [0.717, 1.165) is 12.1 Å².